The van der Waals surface area contributed by atoms with Crippen LogP contribution >= 0.6 is 12.4 Å². The fraction of sp³-hybridized carbons (Fsp3) is 0.875. The van der Waals surface area contributed by atoms with Crippen molar-refractivity contribution in [1.29, 1.82) is 0 Å². The Morgan fingerprint density at radius 1 is 1.36 bits per heavy atom. The highest BCUT2D eigenvalue weighted by atomic mass is 35.5. The summed E-state index contributed by atoms with van der Waals surface area (Å²) in [4.78, 5) is 10.6. The molecule has 1 saturated carbocycles. The summed E-state index contributed by atoms with van der Waals surface area (Å²) in [5.74, 6) is -0.271. The minimum Gasteiger partial charge on any atom is -0.481 e. The number of rotatable bonds is 1. The SMILES string of the molecule is CC1CCCCC1C(=O)O.Cl. The Hall–Kier alpha value is -0.240. The Morgan fingerprint density at radius 2 is 1.91 bits per heavy atom. The van der Waals surface area contributed by atoms with Crippen LogP contribution in [0.2, 0.25) is 0 Å². The van der Waals surface area contributed by atoms with E-state index in [1.165, 1.54) is 6.42 Å². The van der Waals surface area contributed by atoms with Crippen LogP contribution in [0.5, 0.6) is 0 Å². The Bertz CT molecular complexity index is 136. The maximum atomic E-state index is 10.6. The standard InChI is InChI=1S/C8H14O2.ClH/c1-6-4-2-3-5-7(6)8(9)10;/h6-7H,2-5H2,1H3,(H,9,10);1H. The highest BCUT2D eigenvalue weighted by Gasteiger charge is 2.26. The zero-order chi connectivity index (χ0) is 7.56. The molecule has 1 aliphatic carbocycles. The van der Waals surface area contributed by atoms with Crippen molar-refractivity contribution in [1.82, 2.24) is 0 Å². The monoisotopic (exact) mass is 178 g/mol. The van der Waals surface area contributed by atoms with Crippen LogP contribution in [0, 0.1) is 11.8 Å². The molecule has 3 heteroatoms. The highest BCUT2D eigenvalue weighted by molar-refractivity contribution is 5.85. The fourth-order valence-electron chi connectivity index (χ4n) is 1.68. The molecule has 1 fully saturated rings. The second-order valence-corrected chi connectivity index (χ2v) is 3.21. The summed E-state index contributed by atoms with van der Waals surface area (Å²) in [6, 6.07) is 0. The van der Waals surface area contributed by atoms with Gasteiger partial charge in [0.2, 0.25) is 0 Å². The molecule has 0 amide bonds. The number of hydrogen-bond donors (Lipinski definition) is 1. The van der Waals surface area contributed by atoms with Gasteiger partial charge in [-0.25, -0.2) is 0 Å². The molecule has 11 heavy (non-hydrogen) atoms. The van der Waals surface area contributed by atoms with E-state index in [2.05, 4.69) is 0 Å². The molecule has 1 rings (SSSR count). The van der Waals surface area contributed by atoms with Gasteiger partial charge in [0.05, 0.1) is 5.92 Å². The van der Waals surface area contributed by atoms with Crippen molar-refractivity contribution < 1.29 is 9.90 Å². The first-order valence-corrected chi connectivity index (χ1v) is 3.94. The van der Waals surface area contributed by atoms with Crippen molar-refractivity contribution in [3.63, 3.8) is 0 Å². The zero-order valence-electron chi connectivity index (χ0n) is 6.75. The number of halogens is 1. The summed E-state index contributed by atoms with van der Waals surface area (Å²) in [6.07, 6.45) is 4.29. The van der Waals surface area contributed by atoms with Crippen LogP contribution in [-0.2, 0) is 4.79 Å². The van der Waals surface area contributed by atoms with Crippen LogP contribution in [0.1, 0.15) is 32.6 Å². The Balaban J connectivity index is 0.000001000. The molecule has 0 spiro atoms. The molecule has 0 bridgehead atoms. The second kappa shape index (κ2) is 4.60. The van der Waals surface area contributed by atoms with Crippen LogP contribution in [-0.4, -0.2) is 11.1 Å². The van der Waals surface area contributed by atoms with Crippen LogP contribution in [0.15, 0.2) is 0 Å². The van der Waals surface area contributed by atoms with Gasteiger partial charge in [-0.15, -0.1) is 12.4 Å². The van der Waals surface area contributed by atoms with Crippen molar-refractivity contribution in [3.8, 4) is 0 Å². The number of aliphatic carboxylic acids is 1. The van der Waals surface area contributed by atoms with E-state index in [1.807, 2.05) is 6.92 Å². The maximum Gasteiger partial charge on any atom is 0.306 e. The normalized spacial score (nSPS) is 30.6. The molecule has 0 aromatic carbocycles. The molecule has 0 aromatic heterocycles. The Morgan fingerprint density at radius 3 is 2.27 bits per heavy atom. The topological polar surface area (TPSA) is 37.3 Å². The van der Waals surface area contributed by atoms with E-state index in [4.69, 9.17) is 5.11 Å². The van der Waals surface area contributed by atoms with Crippen molar-refractivity contribution in [2.45, 2.75) is 32.6 Å². The first-order valence-electron chi connectivity index (χ1n) is 3.94. The lowest BCUT2D eigenvalue weighted by atomic mass is 9.81. The molecule has 0 heterocycles. The third-order valence-corrected chi connectivity index (χ3v) is 2.43. The summed E-state index contributed by atoms with van der Waals surface area (Å²) in [7, 11) is 0. The average Bonchev–Trinajstić information content (AvgIpc) is 1.88. The summed E-state index contributed by atoms with van der Waals surface area (Å²) in [6.45, 7) is 2.04. The molecule has 1 aliphatic rings. The first-order chi connectivity index (χ1) is 4.72. The number of carboxylic acids is 1. The second-order valence-electron chi connectivity index (χ2n) is 3.21. The van der Waals surface area contributed by atoms with E-state index in [-0.39, 0.29) is 18.3 Å². The molecule has 0 aromatic rings. The summed E-state index contributed by atoms with van der Waals surface area (Å²) in [5.41, 5.74) is 0. The van der Waals surface area contributed by atoms with Crippen molar-refractivity contribution >= 4 is 18.4 Å². The average molecular weight is 179 g/mol. The van der Waals surface area contributed by atoms with Gasteiger partial charge < -0.3 is 5.11 Å². The van der Waals surface area contributed by atoms with Gasteiger partial charge in [-0.2, -0.15) is 0 Å². The van der Waals surface area contributed by atoms with Gasteiger partial charge in [-0.05, 0) is 18.8 Å². The van der Waals surface area contributed by atoms with Crippen molar-refractivity contribution in [2.24, 2.45) is 11.8 Å². The molecule has 0 aliphatic heterocycles. The summed E-state index contributed by atoms with van der Waals surface area (Å²) in [5, 5.41) is 8.71. The molecule has 2 atom stereocenters. The smallest absolute Gasteiger partial charge is 0.306 e. The van der Waals surface area contributed by atoms with Gasteiger partial charge in [-0.3, -0.25) is 4.79 Å². The Labute approximate surface area is 73.4 Å². The predicted octanol–water partition coefficient (Wildman–Crippen LogP) is 2.32. The fourth-order valence-corrected chi connectivity index (χ4v) is 1.68. The molecule has 0 saturated heterocycles. The van der Waals surface area contributed by atoms with Gasteiger partial charge in [0.1, 0.15) is 0 Å². The predicted molar refractivity (Wildman–Crippen MR) is 46.0 cm³/mol. The molecule has 1 N–H and O–H groups in total. The van der Waals surface area contributed by atoms with Crippen LogP contribution in [0.4, 0.5) is 0 Å². The molecule has 0 radical (unpaired) electrons. The van der Waals surface area contributed by atoms with Gasteiger partial charge >= 0.3 is 5.97 Å². The molecular weight excluding hydrogens is 164 g/mol. The zero-order valence-corrected chi connectivity index (χ0v) is 7.56. The minimum absolute atomic E-state index is 0. The van der Waals surface area contributed by atoms with Gasteiger partial charge in [-0.1, -0.05) is 19.8 Å². The van der Waals surface area contributed by atoms with E-state index in [0.29, 0.717) is 5.92 Å². The van der Waals surface area contributed by atoms with E-state index in [9.17, 15) is 4.79 Å². The van der Waals surface area contributed by atoms with E-state index >= 15 is 0 Å². The summed E-state index contributed by atoms with van der Waals surface area (Å²) >= 11 is 0. The minimum atomic E-state index is -0.604. The van der Waals surface area contributed by atoms with Crippen LogP contribution in [0.25, 0.3) is 0 Å². The number of carbonyl (C=O) groups is 1. The van der Waals surface area contributed by atoms with Crippen molar-refractivity contribution in [2.75, 3.05) is 0 Å². The van der Waals surface area contributed by atoms with Gasteiger partial charge in [0.15, 0.2) is 0 Å². The van der Waals surface area contributed by atoms with Crippen LogP contribution < -0.4 is 0 Å². The molecule has 2 unspecified atom stereocenters. The third kappa shape index (κ3) is 2.70. The van der Waals surface area contributed by atoms with Crippen molar-refractivity contribution in [3.05, 3.63) is 0 Å². The maximum absolute atomic E-state index is 10.6. The third-order valence-electron chi connectivity index (χ3n) is 2.43. The lowest BCUT2D eigenvalue weighted by Crippen LogP contribution is -2.24. The molecule has 66 valence electrons. The van der Waals surface area contributed by atoms with E-state index in [0.717, 1.165) is 19.3 Å². The van der Waals surface area contributed by atoms with E-state index in [1.54, 1.807) is 0 Å². The highest BCUT2D eigenvalue weighted by Crippen LogP contribution is 2.29. The Kier molecular flexibility index (Phi) is 4.50. The largest absolute Gasteiger partial charge is 0.481 e. The van der Waals surface area contributed by atoms with Gasteiger partial charge in [0.25, 0.3) is 0 Å². The lowest BCUT2D eigenvalue weighted by Gasteiger charge is -2.24. The molecular formula is C8H15ClO2. The quantitative estimate of drug-likeness (QED) is 0.669. The number of hydrogen-bond acceptors (Lipinski definition) is 1. The van der Waals surface area contributed by atoms with Crippen LogP contribution in [0.3, 0.4) is 0 Å². The lowest BCUT2D eigenvalue weighted by molar-refractivity contribution is -0.144. The van der Waals surface area contributed by atoms with E-state index < -0.39 is 5.97 Å². The van der Waals surface area contributed by atoms with Gasteiger partial charge in [0, 0.05) is 0 Å². The first kappa shape index (κ1) is 10.8. The number of carboxylic acid groups (broad SMARTS) is 1. The molecule has 2 nitrogen and oxygen atoms in total. The summed E-state index contributed by atoms with van der Waals surface area (Å²) < 4.78 is 0.